The third kappa shape index (κ3) is 5.38. The highest BCUT2D eigenvalue weighted by Crippen LogP contribution is 2.11. The average molecular weight is 346 g/mol. The fourth-order valence-electron chi connectivity index (χ4n) is 2.12. The molecule has 2 rings (SSSR count). The smallest absolute Gasteiger partial charge is 0.373 e. The third-order valence-corrected chi connectivity index (χ3v) is 3.29. The number of hydrogen-bond donors (Lipinski definition) is 2. The summed E-state index contributed by atoms with van der Waals surface area (Å²) < 4.78 is 14.9. The molecule has 1 heterocycles. The zero-order chi connectivity index (χ0) is 18.2. The van der Waals surface area contributed by atoms with Crippen molar-refractivity contribution in [3.63, 3.8) is 0 Å². The van der Waals surface area contributed by atoms with Gasteiger partial charge >= 0.3 is 18.0 Å². The predicted molar refractivity (Wildman–Crippen MR) is 86.5 cm³/mol. The molecule has 0 unspecified atom stereocenters. The van der Waals surface area contributed by atoms with Crippen LogP contribution in [0.4, 0.5) is 4.79 Å². The number of furan rings is 1. The largest absolute Gasteiger partial charge is 0.463 e. The van der Waals surface area contributed by atoms with E-state index in [0.717, 1.165) is 5.56 Å². The van der Waals surface area contributed by atoms with Gasteiger partial charge in [0.05, 0.1) is 7.11 Å². The van der Waals surface area contributed by atoms with Gasteiger partial charge in [-0.25, -0.2) is 14.4 Å². The maximum absolute atomic E-state index is 12.2. The molecule has 0 spiro atoms. The van der Waals surface area contributed by atoms with Gasteiger partial charge in [0.25, 0.3) is 0 Å². The van der Waals surface area contributed by atoms with E-state index in [0.29, 0.717) is 0 Å². The molecule has 1 aromatic carbocycles. The average Bonchev–Trinajstić information content (AvgIpc) is 3.08. The molecule has 0 aliphatic carbocycles. The number of benzene rings is 1. The standard InChI is InChI=1S/C17H18N2O6/c1-23-16(21)14-8-7-12(25-14)10-24-15(20)13(19-17(18)22)9-11-5-3-2-4-6-11/h2-8,13H,9-10H2,1H3,(H3,18,19,22)/t13-/m0/s1. The second-order valence-electron chi connectivity index (χ2n) is 5.12. The van der Waals surface area contributed by atoms with Crippen LogP contribution in [0, 0.1) is 0 Å². The Bertz CT molecular complexity index is 741. The van der Waals surface area contributed by atoms with E-state index in [1.165, 1.54) is 19.2 Å². The summed E-state index contributed by atoms with van der Waals surface area (Å²) in [6, 6.07) is 10.3. The summed E-state index contributed by atoms with van der Waals surface area (Å²) in [4.78, 5) is 34.7. The van der Waals surface area contributed by atoms with Crippen LogP contribution in [-0.2, 0) is 27.3 Å². The molecule has 1 atom stereocenters. The Hall–Kier alpha value is -3.29. The van der Waals surface area contributed by atoms with Gasteiger partial charge in [-0.15, -0.1) is 0 Å². The Labute approximate surface area is 143 Å². The van der Waals surface area contributed by atoms with E-state index in [9.17, 15) is 14.4 Å². The zero-order valence-electron chi connectivity index (χ0n) is 13.6. The summed E-state index contributed by atoms with van der Waals surface area (Å²) in [5, 5.41) is 2.36. The van der Waals surface area contributed by atoms with Crippen molar-refractivity contribution >= 4 is 18.0 Å². The van der Waals surface area contributed by atoms with Gasteiger partial charge in [-0.3, -0.25) is 0 Å². The number of carbonyl (C=O) groups is 3. The number of ether oxygens (including phenoxy) is 2. The molecule has 0 fully saturated rings. The lowest BCUT2D eigenvalue weighted by Gasteiger charge is -2.16. The highest BCUT2D eigenvalue weighted by molar-refractivity contribution is 5.86. The van der Waals surface area contributed by atoms with Gasteiger partial charge in [-0.05, 0) is 17.7 Å². The van der Waals surface area contributed by atoms with Crippen molar-refractivity contribution in [3.05, 3.63) is 59.5 Å². The molecule has 0 saturated carbocycles. The maximum Gasteiger partial charge on any atom is 0.373 e. The van der Waals surface area contributed by atoms with Gasteiger partial charge in [-0.2, -0.15) is 0 Å². The topological polar surface area (TPSA) is 121 Å². The molecule has 2 amide bonds. The Morgan fingerprint density at radius 2 is 1.88 bits per heavy atom. The summed E-state index contributed by atoms with van der Waals surface area (Å²) >= 11 is 0. The molecule has 0 bridgehead atoms. The van der Waals surface area contributed by atoms with Crippen molar-refractivity contribution in [3.8, 4) is 0 Å². The van der Waals surface area contributed by atoms with Crippen LogP contribution in [0.5, 0.6) is 0 Å². The number of hydrogen-bond acceptors (Lipinski definition) is 6. The van der Waals surface area contributed by atoms with E-state index in [1.807, 2.05) is 30.3 Å². The summed E-state index contributed by atoms with van der Waals surface area (Å²) in [5.41, 5.74) is 5.95. The first kappa shape index (κ1) is 18.1. The molecule has 3 N–H and O–H groups in total. The van der Waals surface area contributed by atoms with Gasteiger partial charge in [0.2, 0.25) is 5.76 Å². The van der Waals surface area contributed by atoms with Crippen molar-refractivity contribution < 1.29 is 28.3 Å². The second kappa shape index (κ2) is 8.53. The van der Waals surface area contributed by atoms with Crippen LogP contribution in [0.25, 0.3) is 0 Å². The number of rotatable bonds is 7. The van der Waals surface area contributed by atoms with Gasteiger partial charge in [-0.1, -0.05) is 30.3 Å². The number of amides is 2. The van der Waals surface area contributed by atoms with Crippen molar-refractivity contribution in [2.45, 2.75) is 19.1 Å². The quantitative estimate of drug-likeness (QED) is 0.731. The van der Waals surface area contributed by atoms with Crippen molar-refractivity contribution in [2.24, 2.45) is 5.73 Å². The molecule has 25 heavy (non-hydrogen) atoms. The van der Waals surface area contributed by atoms with Crippen LogP contribution in [0.15, 0.2) is 46.9 Å². The lowest BCUT2D eigenvalue weighted by atomic mass is 10.1. The molecular formula is C17H18N2O6. The molecule has 2 aromatic rings. The van der Waals surface area contributed by atoms with E-state index < -0.39 is 24.0 Å². The summed E-state index contributed by atoms with van der Waals surface area (Å²) in [6.07, 6.45) is 0.230. The molecule has 0 aliphatic rings. The number of nitrogens with one attached hydrogen (secondary N) is 1. The Balaban J connectivity index is 1.98. The first-order chi connectivity index (χ1) is 12.0. The molecule has 0 radical (unpaired) electrons. The lowest BCUT2D eigenvalue weighted by Crippen LogP contribution is -2.45. The lowest BCUT2D eigenvalue weighted by molar-refractivity contribution is -0.147. The Kier molecular flexibility index (Phi) is 6.16. The SMILES string of the molecule is COC(=O)c1ccc(COC(=O)[C@H](Cc2ccccc2)NC(N)=O)o1. The minimum atomic E-state index is -0.935. The van der Waals surface area contributed by atoms with Crippen LogP contribution in [-0.4, -0.2) is 31.1 Å². The molecular weight excluding hydrogens is 328 g/mol. The first-order valence-electron chi connectivity index (χ1n) is 7.43. The normalized spacial score (nSPS) is 11.4. The van der Waals surface area contributed by atoms with E-state index in [2.05, 4.69) is 10.1 Å². The Morgan fingerprint density at radius 3 is 2.52 bits per heavy atom. The fourth-order valence-corrected chi connectivity index (χ4v) is 2.12. The van der Waals surface area contributed by atoms with Crippen molar-refractivity contribution in [1.82, 2.24) is 5.32 Å². The van der Waals surface area contributed by atoms with Gasteiger partial charge in [0, 0.05) is 6.42 Å². The van der Waals surface area contributed by atoms with Crippen LogP contribution in [0.1, 0.15) is 21.9 Å². The summed E-state index contributed by atoms with van der Waals surface area (Å²) in [7, 11) is 1.23. The zero-order valence-corrected chi connectivity index (χ0v) is 13.6. The molecule has 0 saturated heterocycles. The third-order valence-electron chi connectivity index (χ3n) is 3.29. The van der Waals surface area contributed by atoms with Crippen LogP contribution in [0.2, 0.25) is 0 Å². The second-order valence-corrected chi connectivity index (χ2v) is 5.12. The minimum Gasteiger partial charge on any atom is -0.463 e. The number of esters is 2. The van der Waals surface area contributed by atoms with E-state index in [-0.39, 0.29) is 24.5 Å². The number of primary amides is 1. The van der Waals surface area contributed by atoms with Crippen LogP contribution >= 0.6 is 0 Å². The fraction of sp³-hybridized carbons (Fsp3) is 0.235. The van der Waals surface area contributed by atoms with E-state index in [1.54, 1.807) is 0 Å². The summed E-state index contributed by atoms with van der Waals surface area (Å²) in [5.74, 6) is -1.02. The molecule has 132 valence electrons. The minimum absolute atomic E-state index is 0.00430. The van der Waals surface area contributed by atoms with E-state index >= 15 is 0 Å². The van der Waals surface area contributed by atoms with Crippen LogP contribution < -0.4 is 11.1 Å². The van der Waals surface area contributed by atoms with Crippen molar-refractivity contribution in [1.29, 1.82) is 0 Å². The maximum atomic E-state index is 12.2. The number of carbonyl (C=O) groups excluding carboxylic acids is 3. The van der Waals surface area contributed by atoms with Gasteiger partial charge in [0.1, 0.15) is 18.4 Å². The molecule has 8 heteroatoms. The molecule has 0 aliphatic heterocycles. The predicted octanol–water partition coefficient (Wildman–Crippen LogP) is 1.39. The van der Waals surface area contributed by atoms with Crippen molar-refractivity contribution in [2.75, 3.05) is 7.11 Å². The van der Waals surface area contributed by atoms with Gasteiger partial charge < -0.3 is 24.9 Å². The monoisotopic (exact) mass is 346 g/mol. The first-order valence-corrected chi connectivity index (χ1v) is 7.43. The highest BCUT2D eigenvalue weighted by atomic mass is 16.6. The highest BCUT2D eigenvalue weighted by Gasteiger charge is 2.22. The number of urea groups is 1. The molecule has 1 aromatic heterocycles. The van der Waals surface area contributed by atoms with Gasteiger partial charge in [0.15, 0.2) is 0 Å². The number of methoxy groups -OCH3 is 1. The van der Waals surface area contributed by atoms with E-state index in [4.69, 9.17) is 14.9 Å². The van der Waals surface area contributed by atoms with Crippen LogP contribution in [0.3, 0.4) is 0 Å². The summed E-state index contributed by atoms with van der Waals surface area (Å²) in [6.45, 7) is -0.193. The number of nitrogens with two attached hydrogens (primary N) is 1. The Morgan fingerprint density at radius 1 is 1.16 bits per heavy atom. The molecule has 8 nitrogen and oxygen atoms in total.